The lowest BCUT2D eigenvalue weighted by Crippen LogP contribution is -2.27. The lowest BCUT2D eigenvalue weighted by Gasteiger charge is -2.16. The van der Waals surface area contributed by atoms with Crippen LogP contribution in [0.3, 0.4) is 0 Å². The van der Waals surface area contributed by atoms with Crippen molar-refractivity contribution >= 4 is 11.8 Å². The first-order valence-corrected chi connectivity index (χ1v) is 6.89. The van der Waals surface area contributed by atoms with Gasteiger partial charge in [0.05, 0.1) is 5.69 Å². The molecule has 0 aliphatic rings. The minimum atomic E-state index is -0.989. The number of nitrogen functional groups attached to an aromatic ring is 1. The molecule has 4 N–H and O–H groups in total. The molecule has 4 nitrogen and oxygen atoms in total. The molecule has 0 aliphatic carbocycles. The van der Waals surface area contributed by atoms with Crippen molar-refractivity contribution in [2.45, 2.75) is 26.4 Å². The summed E-state index contributed by atoms with van der Waals surface area (Å²) in [5.41, 5.74) is 10.2. The summed E-state index contributed by atoms with van der Waals surface area (Å²) in [7, 11) is 0. The summed E-state index contributed by atoms with van der Waals surface area (Å²) in [4.78, 5) is 10.0. The second kappa shape index (κ2) is 7.58. The molecule has 0 atom stereocenters. The van der Waals surface area contributed by atoms with E-state index in [4.69, 9.17) is 11.5 Å². The molecule has 2 aromatic rings. The largest absolute Gasteiger partial charge is 0.444 e. The normalized spacial score (nSPS) is 10.5. The van der Waals surface area contributed by atoms with Crippen LogP contribution in [0.4, 0.5) is 19.3 Å². The molecular formula is C17H20F2N2O2. The second-order valence-electron chi connectivity index (χ2n) is 5.73. The maximum absolute atomic E-state index is 13.5. The minimum absolute atomic E-state index is 0.174. The van der Waals surface area contributed by atoms with Crippen LogP contribution in [0.15, 0.2) is 42.5 Å². The average Bonchev–Trinajstić information content (AvgIpc) is 2.44. The molecule has 23 heavy (non-hydrogen) atoms. The van der Waals surface area contributed by atoms with Gasteiger partial charge >= 0.3 is 6.09 Å². The first-order valence-electron chi connectivity index (χ1n) is 6.89. The van der Waals surface area contributed by atoms with Gasteiger partial charge in [0.1, 0.15) is 5.60 Å². The molecule has 0 saturated carbocycles. The molecule has 0 radical (unpaired) electrons. The lowest BCUT2D eigenvalue weighted by atomic mass is 10.0. The number of amides is 1. The summed E-state index contributed by atoms with van der Waals surface area (Å²) in [6.45, 7) is 5.28. The van der Waals surface area contributed by atoms with Crippen LogP contribution in [0.5, 0.6) is 0 Å². The van der Waals surface area contributed by atoms with Gasteiger partial charge in [-0.15, -0.1) is 0 Å². The number of ether oxygens (including phenoxy) is 1. The van der Waals surface area contributed by atoms with E-state index < -0.39 is 23.3 Å². The van der Waals surface area contributed by atoms with Crippen molar-refractivity contribution < 1.29 is 18.3 Å². The van der Waals surface area contributed by atoms with Gasteiger partial charge in [0.2, 0.25) is 0 Å². The SMILES string of the molecule is CC(C)(C)OC(N)=O.Nc1ccc(-c2ccccc2)c(F)c1F. The number of primary amides is 1. The summed E-state index contributed by atoms with van der Waals surface area (Å²) in [5, 5.41) is 0. The summed E-state index contributed by atoms with van der Waals surface area (Å²) in [6, 6.07) is 11.6. The van der Waals surface area contributed by atoms with Gasteiger partial charge in [-0.3, -0.25) is 0 Å². The van der Waals surface area contributed by atoms with Crippen molar-refractivity contribution in [3.63, 3.8) is 0 Å². The minimum Gasteiger partial charge on any atom is -0.444 e. The number of carbonyl (C=O) groups excluding carboxylic acids is 1. The molecule has 2 rings (SSSR count). The molecule has 0 aliphatic heterocycles. The van der Waals surface area contributed by atoms with Crippen LogP contribution < -0.4 is 11.5 Å². The molecule has 0 fully saturated rings. The van der Waals surface area contributed by atoms with E-state index in [2.05, 4.69) is 4.74 Å². The Bertz CT molecular complexity index is 668. The highest BCUT2D eigenvalue weighted by atomic mass is 19.2. The van der Waals surface area contributed by atoms with Crippen LogP contribution in [0.1, 0.15) is 20.8 Å². The molecule has 0 aromatic heterocycles. The molecule has 0 unspecified atom stereocenters. The lowest BCUT2D eigenvalue weighted by molar-refractivity contribution is 0.0600. The molecular weight excluding hydrogens is 302 g/mol. The molecule has 0 saturated heterocycles. The van der Waals surface area contributed by atoms with Crippen LogP contribution >= 0.6 is 0 Å². The van der Waals surface area contributed by atoms with Crippen LogP contribution in [-0.4, -0.2) is 11.7 Å². The van der Waals surface area contributed by atoms with E-state index in [0.29, 0.717) is 5.56 Å². The maximum Gasteiger partial charge on any atom is 0.405 e. The summed E-state index contributed by atoms with van der Waals surface area (Å²) < 4.78 is 31.2. The predicted octanol–water partition coefficient (Wildman–Crippen LogP) is 4.09. The third-order valence-corrected chi connectivity index (χ3v) is 2.60. The van der Waals surface area contributed by atoms with Gasteiger partial charge in [0.25, 0.3) is 0 Å². The fourth-order valence-corrected chi connectivity index (χ4v) is 1.71. The monoisotopic (exact) mass is 322 g/mol. The van der Waals surface area contributed by atoms with Gasteiger partial charge in [0.15, 0.2) is 11.6 Å². The first kappa shape index (κ1) is 18.4. The molecule has 0 spiro atoms. The van der Waals surface area contributed by atoms with Gasteiger partial charge in [-0.25, -0.2) is 13.6 Å². The molecule has 6 heteroatoms. The molecule has 0 bridgehead atoms. The van der Waals surface area contributed by atoms with Crippen LogP contribution in [0.25, 0.3) is 11.1 Å². The van der Waals surface area contributed by atoms with Gasteiger partial charge in [0, 0.05) is 5.56 Å². The fraction of sp³-hybridized carbons (Fsp3) is 0.235. The highest BCUT2D eigenvalue weighted by Crippen LogP contribution is 2.26. The number of hydrogen-bond acceptors (Lipinski definition) is 3. The smallest absolute Gasteiger partial charge is 0.405 e. The van der Waals surface area contributed by atoms with Crippen molar-refractivity contribution in [2.75, 3.05) is 5.73 Å². The number of nitrogens with two attached hydrogens (primary N) is 2. The first-order chi connectivity index (χ1) is 10.6. The zero-order chi connectivity index (χ0) is 17.6. The maximum atomic E-state index is 13.5. The van der Waals surface area contributed by atoms with Gasteiger partial charge in [-0.2, -0.15) is 0 Å². The molecule has 1 amide bonds. The Morgan fingerprint density at radius 2 is 1.57 bits per heavy atom. The zero-order valence-electron chi connectivity index (χ0n) is 13.3. The average molecular weight is 322 g/mol. The van der Waals surface area contributed by atoms with E-state index >= 15 is 0 Å². The number of hydrogen-bond donors (Lipinski definition) is 2. The summed E-state index contributed by atoms with van der Waals surface area (Å²) >= 11 is 0. The standard InChI is InChI=1S/C12H9F2N.C5H11NO2/c13-11-9(6-7-10(15)12(11)14)8-4-2-1-3-5-8;1-5(2,3)8-4(6)7/h1-7H,15H2;1-3H3,(H2,6,7). The van der Waals surface area contributed by atoms with Gasteiger partial charge < -0.3 is 16.2 Å². The number of halogens is 2. The van der Waals surface area contributed by atoms with Crippen molar-refractivity contribution in [3.05, 3.63) is 54.1 Å². The summed E-state index contributed by atoms with van der Waals surface area (Å²) in [5.74, 6) is -1.89. The Morgan fingerprint density at radius 1 is 1.00 bits per heavy atom. The third-order valence-electron chi connectivity index (χ3n) is 2.60. The van der Waals surface area contributed by atoms with Crippen molar-refractivity contribution in [1.82, 2.24) is 0 Å². The Kier molecular flexibility index (Phi) is 6.07. The molecule has 124 valence electrons. The molecule has 0 heterocycles. The number of carbonyl (C=O) groups is 1. The topological polar surface area (TPSA) is 78.3 Å². The Hall–Kier alpha value is -2.63. The van der Waals surface area contributed by atoms with Crippen molar-refractivity contribution in [1.29, 1.82) is 0 Å². The Balaban J connectivity index is 0.000000284. The van der Waals surface area contributed by atoms with Crippen molar-refractivity contribution in [3.8, 4) is 11.1 Å². The highest BCUT2D eigenvalue weighted by molar-refractivity contribution is 5.66. The van der Waals surface area contributed by atoms with E-state index in [9.17, 15) is 13.6 Å². The number of anilines is 1. The fourth-order valence-electron chi connectivity index (χ4n) is 1.71. The van der Waals surface area contributed by atoms with E-state index in [1.807, 2.05) is 6.07 Å². The van der Waals surface area contributed by atoms with Gasteiger partial charge in [-0.05, 0) is 38.5 Å². The quantitative estimate of drug-likeness (QED) is 0.776. The van der Waals surface area contributed by atoms with Gasteiger partial charge in [-0.1, -0.05) is 30.3 Å². The van der Waals surface area contributed by atoms with Crippen LogP contribution in [-0.2, 0) is 4.74 Å². The predicted molar refractivity (Wildman–Crippen MR) is 86.6 cm³/mol. The van der Waals surface area contributed by atoms with Crippen molar-refractivity contribution in [2.24, 2.45) is 5.73 Å². The molecule has 2 aromatic carbocycles. The zero-order valence-corrected chi connectivity index (χ0v) is 13.3. The van der Waals surface area contributed by atoms with E-state index in [-0.39, 0.29) is 11.3 Å². The second-order valence-corrected chi connectivity index (χ2v) is 5.73. The van der Waals surface area contributed by atoms with Crippen LogP contribution in [0, 0.1) is 11.6 Å². The number of rotatable bonds is 1. The van der Waals surface area contributed by atoms with E-state index in [1.54, 1.807) is 45.0 Å². The highest BCUT2D eigenvalue weighted by Gasteiger charge is 2.13. The van der Waals surface area contributed by atoms with E-state index in [0.717, 1.165) is 0 Å². The van der Waals surface area contributed by atoms with E-state index in [1.165, 1.54) is 12.1 Å². The Morgan fingerprint density at radius 3 is 2.00 bits per heavy atom. The van der Waals surface area contributed by atoms with Crippen LogP contribution in [0.2, 0.25) is 0 Å². The number of benzene rings is 2. The third kappa shape index (κ3) is 5.94. The summed E-state index contributed by atoms with van der Waals surface area (Å²) in [6.07, 6.45) is -0.725. The Labute approximate surface area is 134 Å².